The van der Waals surface area contributed by atoms with Gasteiger partial charge in [0, 0.05) is 30.7 Å². The lowest BCUT2D eigenvalue weighted by atomic mass is 9.95. The van der Waals surface area contributed by atoms with E-state index in [-0.39, 0.29) is 11.8 Å². The monoisotopic (exact) mass is 584 g/mol. The second kappa shape index (κ2) is 20.2. The van der Waals surface area contributed by atoms with Crippen molar-refractivity contribution in [1.29, 1.82) is 0 Å². The fourth-order valence-electron chi connectivity index (χ4n) is 4.17. The summed E-state index contributed by atoms with van der Waals surface area (Å²) >= 11 is 0. The lowest BCUT2D eigenvalue weighted by Gasteiger charge is -2.22. The summed E-state index contributed by atoms with van der Waals surface area (Å²) in [5.41, 5.74) is 7.98. The van der Waals surface area contributed by atoms with E-state index in [2.05, 4.69) is 5.32 Å². The van der Waals surface area contributed by atoms with Crippen LogP contribution >= 0.6 is 0 Å². The van der Waals surface area contributed by atoms with Crippen molar-refractivity contribution in [3.63, 3.8) is 0 Å². The quantitative estimate of drug-likeness (QED) is 0.145. The van der Waals surface area contributed by atoms with Crippen LogP contribution in [0.25, 0.3) is 0 Å². The molecule has 9 nitrogen and oxygen atoms in total. The summed E-state index contributed by atoms with van der Waals surface area (Å²) in [4.78, 5) is 35.8. The van der Waals surface area contributed by atoms with Crippen molar-refractivity contribution in [2.45, 2.75) is 97.6 Å². The molecule has 0 radical (unpaired) electrons. The van der Waals surface area contributed by atoms with Gasteiger partial charge in [0.15, 0.2) is 0 Å². The van der Waals surface area contributed by atoms with E-state index in [0.717, 1.165) is 16.7 Å². The van der Waals surface area contributed by atoms with E-state index in [1.807, 2.05) is 58.9 Å². The van der Waals surface area contributed by atoms with Crippen LogP contribution in [0.5, 0.6) is 0 Å². The Balaban J connectivity index is 3.09. The maximum atomic E-state index is 12.6. The lowest BCUT2D eigenvalue weighted by molar-refractivity contribution is -0.144. The summed E-state index contributed by atoms with van der Waals surface area (Å²) in [5, 5.41) is 23.4. The highest BCUT2D eigenvalue weighted by molar-refractivity contribution is 5.88. The average molecular weight is 585 g/mol. The number of nitrogens with two attached hydrogens (primary N) is 1. The molecule has 1 aliphatic rings. The Bertz CT molecular complexity index is 1090. The van der Waals surface area contributed by atoms with E-state index < -0.39 is 36.5 Å². The third-order valence-corrected chi connectivity index (χ3v) is 6.33. The molecule has 232 valence electrons. The Labute approximate surface area is 250 Å². The Morgan fingerprint density at radius 3 is 2.57 bits per heavy atom. The Kier molecular flexibility index (Phi) is 17.5. The molecule has 5 atom stereocenters. The molecule has 1 aliphatic heterocycles. The third kappa shape index (κ3) is 17.2. The van der Waals surface area contributed by atoms with Gasteiger partial charge in [0.05, 0.1) is 6.10 Å². The molecule has 2 amide bonds. The van der Waals surface area contributed by atoms with Crippen LogP contribution in [0.3, 0.4) is 0 Å². The van der Waals surface area contributed by atoms with E-state index in [0.29, 0.717) is 38.5 Å². The average Bonchev–Trinajstić information content (AvgIpc) is 2.89. The second-order valence-electron chi connectivity index (χ2n) is 10.8. The minimum Gasteiger partial charge on any atom is -0.458 e. The van der Waals surface area contributed by atoms with Crippen molar-refractivity contribution >= 4 is 18.0 Å². The zero-order valence-electron chi connectivity index (χ0n) is 25.5. The van der Waals surface area contributed by atoms with Crippen molar-refractivity contribution in [1.82, 2.24) is 5.32 Å². The number of aliphatic hydroxyl groups is 2. The molecule has 1 unspecified atom stereocenters. The lowest BCUT2D eigenvalue weighted by Crippen LogP contribution is -2.32. The number of allylic oxidation sites excluding steroid dienone is 7. The summed E-state index contributed by atoms with van der Waals surface area (Å²) in [6, 6.07) is 0. The first-order chi connectivity index (χ1) is 19.9. The topological polar surface area (TPSA) is 148 Å². The number of carbonyl (C=O) groups is 3. The van der Waals surface area contributed by atoms with Gasteiger partial charge >= 0.3 is 12.1 Å². The number of hydrogen-bond acceptors (Lipinski definition) is 7. The van der Waals surface area contributed by atoms with Crippen LogP contribution in [0.1, 0.15) is 73.1 Å². The van der Waals surface area contributed by atoms with E-state index >= 15 is 0 Å². The van der Waals surface area contributed by atoms with Gasteiger partial charge in [-0.2, -0.15) is 0 Å². The molecule has 1 heterocycles. The molecule has 0 bridgehead atoms. The highest BCUT2D eigenvalue weighted by Gasteiger charge is 2.21. The molecular formula is C33H48N2O7. The molecule has 0 saturated heterocycles. The van der Waals surface area contributed by atoms with Crippen molar-refractivity contribution in [3.05, 3.63) is 83.7 Å². The minimum absolute atomic E-state index is 0.124. The van der Waals surface area contributed by atoms with Gasteiger partial charge in [0.25, 0.3) is 0 Å². The fourth-order valence-corrected chi connectivity index (χ4v) is 4.17. The summed E-state index contributed by atoms with van der Waals surface area (Å²) in [5.74, 6) is -0.764. The van der Waals surface area contributed by atoms with Crippen LogP contribution < -0.4 is 11.1 Å². The second-order valence-corrected chi connectivity index (χ2v) is 10.8. The fraction of sp³-hybridized carbons (Fsp3) is 0.485. The van der Waals surface area contributed by atoms with Crippen LogP contribution in [0.15, 0.2) is 83.7 Å². The van der Waals surface area contributed by atoms with Gasteiger partial charge in [-0.25, -0.2) is 9.59 Å². The highest BCUT2D eigenvalue weighted by Crippen LogP contribution is 2.21. The molecule has 0 aliphatic carbocycles. The predicted octanol–water partition coefficient (Wildman–Crippen LogP) is 5.23. The standard InChI is InChI=1S/C33H48N2O7/c1-23(2)20-31(38)35-19-18-25(4)21-26(5)30-22-24(3)12-8-6-10-14-29(42-33(34)40)28(37)17-16-27(36)13-9-7-11-15-32(39)41-30/h6,8,11-12,15-21,26-30,36-37H,7,9-10,13-14,22H2,1-5H3,(H2,34,40)(H,35,38)/b8-6+,15-11+,17-16?,19-18+,24-12-,25-21+/t26-,27-,28-,29?,30-/m1/s1. The Morgan fingerprint density at radius 1 is 1.14 bits per heavy atom. The number of esters is 1. The van der Waals surface area contributed by atoms with Gasteiger partial charge in [0.2, 0.25) is 5.91 Å². The van der Waals surface area contributed by atoms with Crippen molar-refractivity contribution in [2.24, 2.45) is 11.7 Å². The number of carbonyl (C=O) groups excluding carboxylic acids is 3. The van der Waals surface area contributed by atoms with Crippen LogP contribution in [-0.2, 0) is 19.1 Å². The number of hydrogen-bond donors (Lipinski definition) is 4. The first-order valence-electron chi connectivity index (χ1n) is 14.4. The molecular weight excluding hydrogens is 536 g/mol. The van der Waals surface area contributed by atoms with Gasteiger partial charge < -0.3 is 30.7 Å². The van der Waals surface area contributed by atoms with Gasteiger partial charge in [-0.3, -0.25) is 4.79 Å². The zero-order valence-corrected chi connectivity index (χ0v) is 25.5. The number of aliphatic hydroxyl groups excluding tert-OH is 2. The first kappa shape index (κ1) is 36.3. The molecule has 1 rings (SSSR count). The minimum atomic E-state index is -1.11. The van der Waals surface area contributed by atoms with E-state index in [9.17, 15) is 24.6 Å². The number of cyclic esters (lactones) is 1. The number of nitrogens with one attached hydrogen (secondary N) is 1. The number of rotatable bonds is 6. The summed E-state index contributed by atoms with van der Waals surface area (Å²) in [6.45, 7) is 9.54. The summed E-state index contributed by atoms with van der Waals surface area (Å²) < 4.78 is 10.9. The SMILES string of the molecule is CC(C)=CC(=O)N/C=C/C(C)=C/[C@@H](C)[C@H]1C/C(C)=C\C=C\CCC(OC(N)=O)[C@H](O)C=C[C@H](O)CCC/C=C/C(=O)O1. The highest BCUT2D eigenvalue weighted by atomic mass is 16.6. The largest absolute Gasteiger partial charge is 0.458 e. The molecule has 0 aromatic carbocycles. The van der Waals surface area contributed by atoms with Crippen molar-refractivity contribution in [2.75, 3.05) is 0 Å². The third-order valence-electron chi connectivity index (χ3n) is 6.33. The molecule has 42 heavy (non-hydrogen) atoms. The maximum Gasteiger partial charge on any atom is 0.404 e. The molecule has 0 saturated carbocycles. The van der Waals surface area contributed by atoms with Gasteiger partial charge in [-0.15, -0.1) is 0 Å². The zero-order chi connectivity index (χ0) is 31.5. The van der Waals surface area contributed by atoms with Crippen LogP contribution in [0, 0.1) is 5.92 Å². The Hall–Kier alpha value is -3.69. The number of ether oxygens (including phenoxy) is 2. The molecule has 0 fully saturated rings. The first-order valence-corrected chi connectivity index (χ1v) is 14.4. The normalized spacial score (nSPS) is 27.1. The molecule has 9 heteroatoms. The summed E-state index contributed by atoms with van der Waals surface area (Å²) in [7, 11) is 0. The number of primary amides is 1. The molecule has 0 aromatic heterocycles. The smallest absolute Gasteiger partial charge is 0.404 e. The van der Waals surface area contributed by atoms with E-state index in [1.165, 1.54) is 24.3 Å². The van der Waals surface area contributed by atoms with Crippen LogP contribution in [0.4, 0.5) is 4.79 Å². The van der Waals surface area contributed by atoms with Gasteiger partial charge in [-0.1, -0.05) is 66.2 Å². The maximum absolute atomic E-state index is 12.6. The van der Waals surface area contributed by atoms with Crippen molar-refractivity contribution < 1.29 is 34.1 Å². The van der Waals surface area contributed by atoms with E-state index in [4.69, 9.17) is 15.2 Å². The summed E-state index contributed by atoms with van der Waals surface area (Å²) in [6.07, 6.45) is 17.3. The Morgan fingerprint density at radius 2 is 1.88 bits per heavy atom. The molecule has 5 N–H and O–H groups in total. The number of amides is 2. The van der Waals surface area contributed by atoms with Crippen LogP contribution in [0.2, 0.25) is 0 Å². The van der Waals surface area contributed by atoms with Gasteiger partial charge in [0.1, 0.15) is 18.3 Å². The van der Waals surface area contributed by atoms with Gasteiger partial charge in [-0.05, 0) is 65.9 Å². The molecule has 0 spiro atoms. The predicted molar refractivity (Wildman–Crippen MR) is 165 cm³/mol. The molecule has 0 aromatic rings. The van der Waals surface area contributed by atoms with E-state index in [1.54, 1.807) is 18.4 Å². The van der Waals surface area contributed by atoms with Crippen LogP contribution in [-0.4, -0.2) is 52.6 Å². The van der Waals surface area contributed by atoms with Crippen molar-refractivity contribution in [3.8, 4) is 0 Å².